The summed E-state index contributed by atoms with van der Waals surface area (Å²) in [6.45, 7) is 4.29. The molecule has 2 rings (SSSR count). The first-order valence-corrected chi connectivity index (χ1v) is 18.8. The van der Waals surface area contributed by atoms with Gasteiger partial charge in [-0.2, -0.15) is 0 Å². The van der Waals surface area contributed by atoms with Crippen molar-refractivity contribution in [1.82, 2.24) is 26.6 Å². The summed E-state index contributed by atoms with van der Waals surface area (Å²) in [5.41, 5.74) is 18.0. The van der Waals surface area contributed by atoms with Gasteiger partial charge in [-0.15, -0.1) is 0 Å². The van der Waals surface area contributed by atoms with E-state index in [0.29, 0.717) is 44.3 Å². The predicted molar refractivity (Wildman–Crippen MR) is 200 cm³/mol. The summed E-state index contributed by atoms with van der Waals surface area (Å²) < 4.78 is 0. The second kappa shape index (κ2) is 23.9. The van der Waals surface area contributed by atoms with Gasteiger partial charge in [0.25, 0.3) is 0 Å². The molecule has 0 radical (unpaired) electrons. The second-order valence-corrected chi connectivity index (χ2v) is 14.3. The van der Waals surface area contributed by atoms with Crippen molar-refractivity contribution in [2.45, 2.75) is 121 Å². The first-order valence-electron chi connectivity index (χ1n) is 18.8. The van der Waals surface area contributed by atoms with E-state index < -0.39 is 77.4 Å². The monoisotopic (exact) mass is 760 g/mol. The number of Topliss-reactive ketones (excluding diaryl/α,β-unsaturated/α-hetero) is 1. The van der Waals surface area contributed by atoms with E-state index in [0.717, 1.165) is 0 Å². The van der Waals surface area contributed by atoms with Crippen LogP contribution in [-0.2, 0) is 40.0 Å². The fourth-order valence-corrected chi connectivity index (χ4v) is 6.09. The number of benzene rings is 1. The molecule has 17 nitrogen and oxygen atoms in total. The first-order chi connectivity index (χ1) is 25.6. The summed E-state index contributed by atoms with van der Waals surface area (Å²) in [4.78, 5) is 92.8. The van der Waals surface area contributed by atoms with Crippen molar-refractivity contribution < 1.29 is 43.8 Å². The minimum atomic E-state index is -1.30. The van der Waals surface area contributed by atoms with Gasteiger partial charge in [0.05, 0.1) is 18.0 Å². The predicted octanol–water partition coefficient (Wildman–Crippen LogP) is -0.535. The van der Waals surface area contributed by atoms with Crippen LogP contribution in [0.1, 0.15) is 90.0 Å². The minimum absolute atomic E-state index is 0.0105. The van der Waals surface area contributed by atoms with Crippen molar-refractivity contribution in [3.05, 3.63) is 29.8 Å². The van der Waals surface area contributed by atoms with Crippen LogP contribution in [0.4, 0.5) is 0 Å². The highest BCUT2D eigenvalue weighted by Gasteiger charge is 2.33. The fourth-order valence-electron chi connectivity index (χ4n) is 6.09. The van der Waals surface area contributed by atoms with Crippen LogP contribution in [0.3, 0.4) is 0 Å². The molecule has 302 valence electrons. The molecule has 5 amide bonds. The Labute approximate surface area is 316 Å². The molecule has 54 heavy (non-hydrogen) atoms. The smallest absolute Gasteiger partial charge is 0.306 e. The topological polar surface area (TPSA) is 298 Å². The summed E-state index contributed by atoms with van der Waals surface area (Å²) in [5, 5.41) is 33.0. The van der Waals surface area contributed by atoms with Crippen LogP contribution in [0.15, 0.2) is 24.3 Å². The molecule has 0 unspecified atom stereocenters. The number of hydrogen-bond donors (Lipinski definition) is 10. The fraction of sp³-hybridized carbons (Fsp3) is 0.649. The average Bonchev–Trinajstić information content (AvgIpc) is 3.12. The van der Waals surface area contributed by atoms with Crippen LogP contribution in [0.2, 0.25) is 0 Å². The van der Waals surface area contributed by atoms with E-state index in [2.05, 4.69) is 26.6 Å². The number of nitrogens with one attached hydrogen (secondary N) is 5. The van der Waals surface area contributed by atoms with Crippen molar-refractivity contribution in [2.24, 2.45) is 29.0 Å². The largest absolute Gasteiger partial charge is 0.508 e. The maximum atomic E-state index is 14.0. The van der Waals surface area contributed by atoms with Crippen LogP contribution in [0.5, 0.6) is 5.75 Å². The van der Waals surface area contributed by atoms with Crippen LogP contribution in [0.25, 0.3) is 0 Å². The van der Waals surface area contributed by atoms with E-state index in [-0.39, 0.29) is 69.6 Å². The van der Waals surface area contributed by atoms with Crippen LogP contribution < -0.4 is 43.8 Å². The first kappa shape index (κ1) is 45.5. The van der Waals surface area contributed by atoms with Gasteiger partial charge in [-0.05, 0) is 101 Å². The lowest BCUT2D eigenvalue weighted by atomic mass is 9.89. The number of carboxylic acids is 1. The summed E-state index contributed by atoms with van der Waals surface area (Å²) in [6.07, 6.45) is 1.99. The molecule has 13 N–H and O–H groups in total. The van der Waals surface area contributed by atoms with Crippen molar-refractivity contribution in [1.29, 1.82) is 0 Å². The van der Waals surface area contributed by atoms with Crippen molar-refractivity contribution in [3.63, 3.8) is 0 Å². The zero-order chi connectivity index (χ0) is 40.2. The number of carboxylic acid groups (broad SMARTS) is 1. The highest BCUT2D eigenvalue weighted by molar-refractivity contribution is 5.96. The Kier molecular flexibility index (Phi) is 20.2. The molecule has 1 aromatic carbocycles. The number of hydrogen-bond acceptors (Lipinski definition) is 11. The third-order valence-corrected chi connectivity index (χ3v) is 9.20. The molecule has 1 aliphatic heterocycles. The molecule has 1 fully saturated rings. The molecule has 6 atom stereocenters. The molecular weight excluding hydrogens is 700 g/mol. The molecule has 1 saturated heterocycles. The Balaban J connectivity index is 2.46. The third-order valence-electron chi connectivity index (χ3n) is 9.20. The molecule has 0 aromatic heterocycles. The van der Waals surface area contributed by atoms with Gasteiger partial charge in [-0.3, -0.25) is 33.6 Å². The second-order valence-electron chi connectivity index (χ2n) is 14.3. The Hall–Kier alpha value is -4.61. The molecule has 0 bridgehead atoms. The van der Waals surface area contributed by atoms with E-state index in [4.69, 9.17) is 17.2 Å². The van der Waals surface area contributed by atoms with E-state index in [9.17, 15) is 43.8 Å². The molecular formula is C37H60N8O9. The SMILES string of the molecule is CC(C)C[C@H](CC(=O)[C@H](Cc1ccc(O)cc1)NC(=O)[C@@H]1CCNC(=O)CC[C@H](N)C(=O)N[C@@H](CCCCN)C(=O)N[C@@H](CCCCN)C(=O)N1)C(=O)O. The zero-order valence-corrected chi connectivity index (χ0v) is 31.4. The maximum Gasteiger partial charge on any atom is 0.306 e. The van der Waals surface area contributed by atoms with E-state index in [1.54, 1.807) is 12.1 Å². The standard InChI is InChI=1S/C37H60N8O9/c1-22(2)19-24(37(53)54)21-31(47)30(20-23-9-11-25(46)12-10-23)45-36(52)29-15-18-41-32(48)14-13-26(40)33(49)42-27(7-3-5-16-38)34(50)43-28(35(51)44-29)8-4-6-17-39/h9-12,22,24,26-30,46H,3-8,13-21,38-40H2,1-2H3,(H,41,48)(H,42,49)(H,43,50)(H,44,51)(H,45,52)(H,53,54)/t24-,26+,27+,28+,29+,30+/m1/s1. The molecule has 1 aliphatic rings. The number of nitrogens with two attached hydrogens (primary N) is 3. The number of phenols is 1. The minimum Gasteiger partial charge on any atom is -0.508 e. The number of ketones is 1. The van der Waals surface area contributed by atoms with E-state index in [1.807, 2.05) is 13.8 Å². The summed E-state index contributed by atoms with van der Waals surface area (Å²) in [5.74, 6) is -5.91. The lowest BCUT2D eigenvalue weighted by Crippen LogP contribution is -2.59. The highest BCUT2D eigenvalue weighted by atomic mass is 16.4. The van der Waals surface area contributed by atoms with Crippen LogP contribution in [0, 0.1) is 11.8 Å². The van der Waals surface area contributed by atoms with Gasteiger partial charge < -0.3 is 54.0 Å². The Morgan fingerprint density at radius 2 is 1.43 bits per heavy atom. The zero-order valence-electron chi connectivity index (χ0n) is 31.4. The van der Waals surface area contributed by atoms with E-state index in [1.165, 1.54) is 12.1 Å². The van der Waals surface area contributed by atoms with Gasteiger partial charge >= 0.3 is 5.97 Å². The molecule has 0 aliphatic carbocycles. The van der Waals surface area contributed by atoms with Gasteiger partial charge in [-0.1, -0.05) is 26.0 Å². The van der Waals surface area contributed by atoms with Gasteiger partial charge in [-0.25, -0.2) is 0 Å². The van der Waals surface area contributed by atoms with Crippen molar-refractivity contribution in [3.8, 4) is 5.75 Å². The number of rotatable bonds is 18. The van der Waals surface area contributed by atoms with Crippen LogP contribution >= 0.6 is 0 Å². The van der Waals surface area contributed by atoms with Crippen LogP contribution in [-0.4, -0.2) is 101 Å². The summed E-state index contributed by atoms with van der Waals surface area (Å²) >= 11 is 0. The van der Waals surface area contributed by atoms with Gasteiger partial charge in [0.15, 0.2) is 5.78 Å². The molecule has 0 spiro atoms. The third kappa shape index (κ3) is 16.6. The molecule has 17 heteroatoms. The Morgan fingerprint density at radius 3 is 1.98 bits per heavy atom. The van der Waals surface area contributed by atoms with E-state index >= 15 is 0 Å². The number of phenolic OH excluding ortho intramolecular Hbond substituents is 1. The van der Waals surface area contributed by atoms with Crippen molar-refractivity contribution in [2.75, 3.05) is 19.6 Å². The lowest BCUT2D eigenvalue weighted by molar-refractivity contribution is -0.144. The number of aliphatic carboxylic acids is 1. The number of aromatic hydroxyl groups is 1. The van der Waals surface area contributed by atoms with Gasteiger partial charge in [0, 0.05) is 19.4 Å². The number of unbranched alkanes of at least 4 members (excludes halogenated alkanes) is 2. The maximum absolute atomic E-state index is 14.0. The average molecular weight is 761 g/mol. The van der Waals surface area contributed by atoms with Crippen molar-refractivity contribution >= 4 is 41.3 Å². The lowest BCUT2D eigenvalue weighted by Gasteiger charge is -2.27. The van der Waals surface area contributed by atoms with Gasteiger partial charge in [0.1, 0.15) is 23.9 Å². The van der Waals surface area contributed by atoms with Gasteiger partial charge in [0.2, 0.25) is 29.5 Å². The number of amides is 5. The molecule has 0 saturated carbocycles. The Bertz CT molecular complexity index is 1410. The highest BCUT2D eigenvalue weighted by Crippen LogP contribution is 2.19. The quantitative estimate of drug-likeness (QED) is 0.0845. The normalized spacial score (nSPS) is 21.6. The Morgan fingerprint density at radius 1 is 0.852 bits per heavy atom. The summed E-state index contributed by atoms with van der Waals surface area (Å²) in [7, 11) is 0. The number of carbonyl (C=O) groups excluding carboxylic acids is 6. The summed E-state index contributed by atoms with van der Waals surface area (Å²) in [6, 6.07) is 0.167. The molecule has 1 heterocycles. The number of carbonyl (C=O) groups is 7. The molecule has 1 aromatic rings.